The van der Waals surface area contributed by atoms with Gasteiger partial charge in [0, 0.05) is 18.0 Å². The Hall–Kier alpha value is -3.56. The smallest absolute Gasteiger partial charge is 0.442 e. The Kier molecular flexibility index (Phi) is 6.24. The average Bonchev–Trinajstić information content (AvgIpc) is 3.63. The van der Waals surface area contributed by atoms with Gasteiger partial charge in [0.05, 0.1) is 14.2 Å². The summed E-state index contributed by atoms with van der Waals surface area (Å²) in [7, 11) is 2.97. The van der Waals surface area contributed by atoms with E-state index in [1.165, 1.54) is 14.2 Å². The van der Waals surface area contributed by atoms with Gasteiger partial charge in [-0.25, -0.2) is 4.99 Å². The number of nitrogens with zero attached hydrogens (tertiary/aromatic N) is 2. The van der Waals surface area contributed by atoms with E-state index in [2.05, 4.69) is 4.99 Å². The quantitative estimate of drug-likeness (QED) is 0.635. The van der Waals surface area contributed by atoms with E-state index in [0.29, 0.717) is 29.9 Å². The number of benzene rings is 2. The van der Waals surface area contributed by atoms with E-state index in [1.54, 1.807) is 48.5 Å². The molecule has 1 N–H and O–H groups in total. The summed E-state index contributed by atoms with van der Waals surface area (Å²) in [5.41, 5.74) is -2.28. The van der Waals surface area contributed by atoms with E-state index in [0.717, 1.165) is 10.5 Å². The number of ether oxygens (including phenoxy) is 2. The SMILES string of the molecule is COc1ccc(CCN2C(=O)[C@@](NC(=O)C3CC3)(C(F)(F)F)N=C2c2ccccc2)cc1OC. The number of nitrogens with one attached hydrogen (secondary N) is 1. The van der Waals surface area contributed by atoms with Crippen LogP contribution in [0.5, 0.6) is 11.5 Å². The van der Waals surface area contributed by atoms with Gasteiger partial charge < -0.3 is 14.8 Å². The van der Waals surface area contributed by atoms with Gasteiger partial charge in [0.25, 0.3) is 5.91 Å². The van der Waals surface area contributed by atoms with Crippen molar-refractivity contribution in [3.63, 3.8) is 0 Å². The third-order valence-electron chi connectivity index (χ3n) is 5.85. The third kappa shape index (κ3) is 4.32. The second-order valence-corrected chi connectivity index (χ2v) is 8.17. The summed E-state index contributed by atoms with van der Waals surface area (Å²) >= 11 is 0. The highest BCUT2D eigenvalue weighted by molar-refractivity contribution is 6.16. The number of halogens is 3. The minimum Gasteiger partial charge on any atom is -0.493 e. The molecule has 2 aliphatic rings. The number of aliphatic imine (C=N–C) groups is 1. The van der Waals surface area contributed by atoms with Crippen molar-refractivity contribution < 1.29 is 32.2 Å². The molecule has 1 atom stereocenters. The van der Waals surface area contributed by atoms with Crippen molar-refractivity contribution in [1.82, 2.24) is 10.2 Å². The summed E-state index contributed by atoms with van der Waals surface area (Å²) in [4.78, 5) is 30.5. The van der Waals surface area contributed by atoms with Crippen LogP contribution in [0.1, 0.15) is 24.0 Å². The van der Waals surface area contributed by atoms with E-state index < -0.39 is 29.6 Å². The molecule has 1 fully saturated rings. The minimum absolute atomic E-state index is 0.0842. The fourth-order valence-electron chi connectivity index (χ4n) is 3.81. The number of rotatable bonds is 8. The van der Waals surface area contributed by atoms with Crippen LogP contribution >= 0.6 is 0 Å². The number of amidine groups is 1. The van der Waals surface area contributed by atoms with Crippen LogP contribution in [0, 0.1) is 5.92 Å². The molecule has 1 aliphatic carbocycles. The number of hydrogen-bond acceptors (Lipinski definition) is 5. The number of carbonyl (C=O) groups is 2. The zero-order chi connectivity index (χ0) is 24.5. The highest BCUT2D eigenvalue weighted by atomic mass is 19.4. The lowest BCUT2D eigenvalue weighted by atomic mass is 10.1. The Bertz CT molecular complexity index is 1120. The Morgan fingerprint density at radius 2 is 1.79 bits per heavy atom. The van der Waals surface area contributed by atoms with Crippen molar-refractivity contribution >= 4 is 17.6 Å². The molecular formula is C24H24F3N3O4. The Morgan fingerprint density at radius 3 is 2.38 bits per heavy atom. The fraction of sp³-hybridized carbons (Fsp3) is 0.375. The van der Waals surface area contributed by atoms with E-state index >= 15 is 0 Å². The number of methoxy groups -OCH3 is 2. The lowest BCUT2D eigenvalue weighted by Crippen LogP contribution is -2.63. The molecule has 34 heavy (non-hydrogen) atoms. The second kappa shape index (κ2) is 9.00. The van der Waals surface area contributed by atoms with Crippen molar-refractivity contribution in [2.75, 3.05) is 20.8 Å². The van der Waals surface area contributed by atoms with Crippen LogP contribution in [-0.4, -0.2) is 55.2 Å². The zero-order valence-corrected chi connectivity index (χ0v) is 18.7. The first-order valence-electron chi connectivity index (χ1n) is 10.8. The Labute approximate surface area is 194 Å². The molecule has 0 saturated heterocycles. The van der Waals surface area contributed by atoms with Crippen LogP contribution in [0.15, 0.2) is 53.5 Å². The van der Waals surface area contributed by atoms with Crippen LogP contribution in [0.3, 0.4) is 0 Å². The average molecular weight is 475 g/mol. The summed E-state index contributed by atoms with van der Waals surface area (Å²) in [6.07, 6.45) is -3.91. The maximum Gasteiger partial charge on any atom is 0.442 e. The molecule has 7 nitrogen and oxygen atoms in total. The van der Waals surface area contributed by atoms with Gasteiger partial charge in [-0.1, -0.05) is 36.4 Å². The van der Waals surface area contributed by atoms with Gasteiger partial charge >= 0.3 is 11.8 Å². The van der Waals surface area contributed by atoms with E-state index in [9.17, 15) is 22.8 Å². The lowest BCUT2D eigenvalue weighted by Gasteiger charge is -2.29. The van der Waals surface area contributed by atoms with Crippen molar-refractivity contribution in [2.24, 2.45) is 10.9 Å². The summed E-state index contributed by atoms with van der Waals surface area (Å²) in [6, 6.07) is 13.3. The maximum atomic E-state index is 14.3. The van der Waals surface area contributed by atoms with E-state index in [-0.39, 0.29) is 18.8 Å². The number of hydrogen-bond donors (Lipinski definition) is 1. The van der Waals surface area contributed by atoms with Crippen LogP contribution in [-0.2, 0) is 16.0 Å². The maximum absolute atomic E-state index is 14.3. The third-order valence-corrected chi connectivity index (χ3v) is 5.85. The van der Waals surface area contributed by atoms with Crippen molar-refractivity contribution in [2.45, 2.75) is 31.1 Å². The summed E-state index contributed by atoms with van der Waals surface area (Å²) in [6.45, 7) is -0.0842. The normalized spacial score (nSPS) is 20.2. The zero-order valence-electron chi connectivity index (χ0n) is 18.7. The number of amides is 2. The van der Waals surface area contributed by atoms with E-state index in [4.69, 9.17) is 9.47 Å². The minimum atomic E-state index is -5.12. The molecule has 0 unspecified atom stereocenters. The predicted octanol–water partition coefficient (Wildman–Crippen LogP) is 3.32. The summed E-state index contributed by atoms with van der Waals surface area (Å²) in [5, 5.41) is 1.93. The Balaban J connectivity index is 1.68. The first-order chi connectivity index (χ1) is 16.2. The molecule has 0 radical (unpaired) electrons. The van der Waals surface area contributed by atoms with Crippen LogP contribution < -0.4 is 14.8 Å². The summed E-state index contributed by atoms with van der Waals surface area (Å²) < 4.78 is 53.5. The molecule has 1 saturated carbocycles. The first-order valence-corrected chi connectivity index (χ1v) is 10.8. The molecule has 180 valence electrons. The van der Waals surface area contributed by atoms with Crippen molar-refractivity contribution in [1.29, 1.82) is 0 Å². The molecule has 0 spiro atoms. The molecule has 2 amide bonds. The largest absolute Gasteiger partial charge is 0.493 e. The molecule has 0 aromatic heterocycles. The van der Waals surface area contributed by atoms with Crippen LogP contribution in [0.25, 0.3) is 0 Å². The molecule has 0 bridgehead atoms. The Morgan fingerprint density at radius 1 is 1.12 bits per heavy atom. The van der Waals surface area contributed by atoms with Gasteiger partial charge in [-0.15, -0.1) is 0 Å². The number of carbonyl (C=O) groups excluding carboxylic acids is 2. The second-order valence-electron chi connectivity index (χ2n) is 8.17. The van der Waals surface area contributed by atoms with Crippen molar-refractivity contribution in [3.05, 3.63) is 59.7 Å². The van der Waals surface area contributed by atoms with E-state index in [1.807, 2.05) is 5.32 Å². The van der Waals surface area contributed by atoms with Crippen molar-refractivity contribution in [3.8, 4) is 11.5 Å². The molecule has 2 aromatic rings. The molecule has 4 rings (SSSR count). The van der Waals surface area contributed by atoms with Crippen LogP contribution in [0.4, 0.5) is 13.2 Å². The van der Waals surface area contributed by atoms with Gasteiger partial charge in [0.15, 0.2) is 11.5 Å². The van der Waals surface area contributed by atoms with Gasteiger partial charge in [-0.05, 0) is 37.0 Å². The topological polar surface area (TPSA) is 80.2 Å². The molecule has 1 heterocycles. The van der Waals surface area contributed by atoms with Crippen LogP contribution in [0.2, 0.25) is 0 Å². The van der Waals surface area contributed by atoms with Gasteiger partial charge in [-0.2, -0.15) is 13.2 Å². The highest BCUT2D eigenvalue weighted by Crippen LogP contribution is 2.40. The summed E-state index contributed by atoms with van der Waals surface area (Å²) in [5.74, 6) is -1.83. The van der Waals surface area contributed by atoms with Gasteiger partial charge in [0.2, 0.25) is 5.91 Å². The molecule has 1 aliphatic heterocycles. The highest BCUT2D eigenvalue weighted by Gasteiger charge is 2.67. The molecular weight excluding hydrogens is 451 g/mol. The van der Waals surface area contributed by atoms with Gasteiger partial charge in [0.1, 0.15) is 5.84 Å². The molecule has 10 heteroatoms. The lowest BCUT2D eigenvalue weighted by molar-refractivity contribution is -0.200. The first kappa shape index (κ1) is 23.6. The fourth-order valence-corrected chi connectivity index (χ4v) is 3.81. The standard InChI is InChI=1S/C24H24F3N3O4/c1-33-18-11-8-15(14-19(18)34-2)12-13-30-20(16-6-4-3-5-7-16)28-23(22(30)32,24(25,26)27)29-21(31)17-9-10-17/h3-8,11,14,17H,9-10,12-13H2,1-2H3,(H,29,31)/t23-/m1/s1. The molecule has 2 aromatic carbocycles. The predicted molar refractivity (Wildman–Crippen MR) is 118 cm³/mol. The van der Waals surface area contributed by atoms with Gasteiger partial charge in [-0.3, -0.25) is 14.5 Å². The monoisotopic (exact) mass is 475 g/mol. The number of alkyl halides is 3.